The second kappa shape index (κ2) is 2.31. The van der Waals surface area contributed by atoms with Gasteiger partial charge in [0.15, 0.2) is 0 Å². The normalized spacial score (nSPS) is 8.89. The molecule has 0 aliphatic carbocycles. The molecule has 0 amide bonds. The highest BCUT2D eigenvalue weighted by Gasteiger charge is 1.87. The molecular weight excluding hydrogens is 114 g/mol. The van der Waals surface area contributed by atoms with E-state index in [9.17, 15) is 4.79 Å². The van der Waals surface area contributed by atoms with Gasteiger partial charge in [-0.15, -0.1) is 0 Å². The molecule has 0 atom stereocenters. The standard InChI is InChI=1S/C7H6NO/c1-2-6-4-3-5-8-7(6)9/h1-5H,(H,8,9). The van der Waals surface area contributed by atoms with Crippen LogP contribution in [0.5, 0.6) is 0 Å². The molecular formula is C7H6NO. The van der Waals surface area contributed by atoms with E-state index in [1.165, 1.54) is 6.08 Å². The molecule has 1 rings (SSSR count). The van der Waals surface area contributed by atoms with Crippen LogP contribution in [0.3, 0.4) is 0 Å². The van der Waals surface area contributed by atoms with Gasteiger partial charge in [0.05, 0.1) is 0 Å². The van der Waals surface area contributed by atoms with Gasteiger partial charge in [-0.1, -0.05) is 6.58 Å². The van der Waals surface area contributed by atoms with Gasteiger partial charge in [-0.2, -0.15) is 0 Å². The van der Waals surface area contributed by atoms with E-state index in [4.69, 9.17) is 6.58 Å². The Morgan fingerprint density at radius 1 is 1.67 bits per heavy atom. The van der Waals surface area contributed by atoms with Crippen LogP contribution in [0.4, 0.5) is 0 Å². The van der Waals surface area contributed by atoms with Crippen LogP contribution < -0.4 is 5.56 Å². The molecule has 9 heavy (non-hydrogen) atoms. The molecule has 0 spiro atoms. The third kappa shape index (κ3) is 1.08. The lowest BCUT2D eigenvalue weighted by atomic mass is 10.3. The van der Waals surface area contributed by atoms with Gasteiger partial charge in [0, 0.05) is 11.8 Å². The summed E-state index contributed by atoms with van der Waals surface area (Å²) in [7, 11) is 0. The van der Waals surface area contributed by atoms with Crippen LogP contribution in [0.15, 0.2) is 23.1 Å². The first-order valence-electron chi connectivity index (χ1n) is 2.57. The SMILES string of the molecule is [CH]=Cc1ccc[nH]c1=O. The Morgan fingerprint density at radius 2 is 2.44 bits per heavy atom. The largest absolute Gasteiger partial charge is 0.329 e. The van der Waals surface area contributed by atoms with Gasteiger partial charge in [0.1, 0.15) is 0 Å². The molecule has 0 saturated carbocycles. The number of hydrogen-bond donors (Lipinski definition) is 1. The van der Waals surface area contributed by atoms with Crippen molar-refractivity contribution in [2.45, 2.75) is 0 Å². The monoisotopic (exact) mass is 120 g/mol. The Morgan fingerprint density at radius 3 is 2.89 bits per heavy atom. The fraction of sp³-hybridized carbons (Fsp3) is 0. The highest BCUT2D eigenvalue weighted by Crippen LogP contribution is 1.87. The lowest BCUT2D eigenvalue weighted by Crippen LogP contribution is -2.06. The average Bonchev–Trinajstić information content (AvgIpc) is 1.89. The minimum Gasteiger partial charge on any atom is -0.329 e. The van der Waals surface area contributed by atoms with Crippen molar-refractivity contribution in [3.8, 4) is 0 Å². The summed E-state index contributed by atoms with van der Waals surface area (Å²) in [4.78, 5) is 13.2. The summed E-state index contributed by atoms with van der Waals surface area (Å²) in [6, 6.07) is 3.37. The van der Waals surface area contributed by atoms with Gasteiger partial charge in [-0.25, -0.2) is 0 Å². The van der Waals surface area contributed by atoms with E-state index in [1.54, 1.807) is 18.3 Å². The first-order chi connectivity index (χ1) is 4.34. The van der Waals surface area contributed by atoms with Crippen LogP contribution in [0.2, 0.25) is 0 Å². The predicted octanol–water partition coefficient (Wildman–Crippen LogP) is 0.821. The molecule has 2 nitrogen and oxygen atoms in total. The number of hydrogen-bond acceptors (Lipinski definition) is 1. The van der Waals surface area contributed by atoms with Gasteiger partial charge in [0.2, 0.25) is 0 Å². The molecule has 0 aliphatic heterocycles. The van der Waals surface area contributed by atoms with Gasteiger partial charge in [-0.05, 0) is 18.2 Å². The zero-order valence-electron chi connectivity index (χ0n) is 4.79. The molecule has 0 bridgehead atoms. The Labute approximate surface area is 52.9 Å². The highest BCUT2D eigenvalue weighted by atomic mass is 16.1. The van der Waals surface area contributed by atoms with Crippen molar-refractivity contribution in [2.24, 2.45) is 0 Å². The third-order valence-corrected chi connectivity index (χ3v) is 1.03. The van der Waals surface area contributed by atoms with E-state index in [2.05, 4.69) is 4.98 Å². The fourth-order valence-corrected chi connectivity index (χ4v) is 0.566. The molecule has 1 N–H and O–H groups in total. The molecule has 0 unspecified atom stereocenters. The van der Waals surface area contributed by atoms with E-state index < -0.39 is 0 Å². The molecule has 1 aromatic rings. The Balaban J connectivity index is 3.32. The molecule has 0 fully saturated rings. The number of nitrogens with one attached hydrogen (secondary N) is 1. The number of aromatic amines is 1. The second-order valence-corrected chi connectivity index (χ2v) is 1.62. The second-order valence-electron chi connectivity index (χ2n) is 1.62. The lowest BCUT2D eigenvalue weighted by Gasteiger charge is -1.85. The molecule has 45 valence electrons. The summed E-state index contributed by atoms with van der Waals surface area (Å²) < 4.78 is 0. The minimum atomic E-state index is -0.153. The smallest absolute Gasteiger partial charge is 0.255 e. The topological polar surface area (TPSA) is 32.9 Å². The fourth-order valence-electron chi connectivity index (χ4n) is 0.566. The summed E-state index contributed by atoms with van der Waals surface area (Å²) in [5, 5.41) is 0. The molecule has 1 radical (unpaired) electrons. The number of H-pyrrole nitrogens is 1. The number of rotatable bonds is 1. The van der Waals surface area contributed by atoms with Crippen molar-refractivity contribution in [1.82, 2.24) is 4.98 Å². The Hall–Kier alpha value is -1.31. The molecule has 1 heterocycles. The first kappa shape index (κ1) is 5.82. The average molecular weight is 120 g/mol. The maximum absolute atomic E-state index is 10.7. The van der Waals surface area contributed by atoms with Crippen molar-refractivity contribution in [1.29, 1.82) is 0 Å². The van der Waals surface area contributed by atoms with Crippen LogP contribution in [-0.4, -0.2) is 4.98 Å². The van der Waals surface area contributed by atoms with E-state index in [0.29, 0.717) is 5.56 Å². The van der Waals surface area contributed by atoms with Gasteiger partial charge in [-0.3, -0.25) is 4.79 Å². The van der Waals surface area contributed by atoms with Crippen molar-refractivity contribution in [3.05, 3.63) is 40.8 Å². The predicted molar refractivity (Wildman–Crippen MR) is 35.8 cm³/mol. The summed E-state index contributed by atoms with van der Waals surface area (Å²) in [5.74, 6) is 0. The number of aromatic nitrogens is 1. The van der Waals surface area contributed by atoms with Gasteiger partial charge >= 0.3 is 0 Å². The van der Waals surface area contributed by atoms with E-state index in [0.717, 1.165) is 0 Å². The molecule has 0 aromatic carbocycles. The summed E-state index contributed by atoms with van der Waals surface area (Å²) in [5.41, 5.74) is 0.345. The van der Waals surface area contributed by atoms with Crippen LogP contribution in [0.1, 0.15) is 5.56 Å². The summed E-state index contributed by atoms with van der Waals surface area (Å²) in [6.07, 6.45) is 2.84. The molecule has 0 saturated heterocycles. The molecule has 1 aromatic heterocycles. The van der Waals surface area contributed by atoms with Gasteiger partial charge in [0.25, 0.3) is 5.56 Å². The Bertz CT molecular complexity index is 262. The highest BCUT2D eigenvalue weighted by molar-refractivity contribution is 5.42. The van der Waals surface area contributed by atoms with Crippen LogP contribution in [0.25, 0.3) is 6.08 Å². The maximum atomic E-state index is 10.7. The lowest BCUT2D eigenvalue weighted by molar-refractivity contribution is 1.23. The molecule has 2 heteroatoms. The van der Waals surface area contributed by atoms with E-state index in [-0.39, 0.29) is 5.56 Å². The third-order valence-electron chi connectivity index (χ3n) is 1.03. The first-order valence-corrected chi connectivity index (χ1v) is 2.57. The number of pyridine rings is 1. The minimum absolute atomic E-state index is 0.153. The van der Waals surface area contributed by atoms with Crippen molar-refractivity contribution in [2.75, 3.05) is 0 Å². The van der Waals surface area contributed by atoms with Crippen LogP contribution in [0, 0.1) is 6.58 Å². The van der Waals surface area contributed by atoms with Crippen molar-refractivity contribution in [3.63, 3.8) is 0 Å². The van der Waals surface area contributed by atoms with E-state index >= 15 is 0 Å². The van der Waals surface area contributed by atoms with Gasteiger partial charge < -0.3 is 4.98 Å². The summed E-state index contributed by atoms with van der Waals surface area (Å²) in [6.45, 7) is 5.11. The molecule has 0 aliphatic rings. The van der Waals surface area contributed by atoms with Crippen molar-refractivity contribution >= 4 is 6.08 Å². The Kier molecular flexibility index (Phi) is 1.49. The maximum Gasteiger partial charge on any atom is 0.255 e. The quantitative estimate of drug-likeness (QED) is 0.584. The van der Waals surface area contributed by atoms with Crippen LogP contribution >= 0.6 is 0 Å². The van der Waals surface area contributed by atoms with Crippen molar-refractivity contribution < 1.29 is 0 Å². The zero-order valence-corrected chi connectivity index (χ0v) is 4.79. The van der Waals surface area contributed by atoms with E-state index in [1.807, 2.05) is 0 Å². The zero-order chi connectivity index (χ0) is 6.69. The van der Waals surface area contributed by atoms with Crippen LogP contribution in [-0.2, 0) is 0 Å². The summed E-state index contributed by atoms with van der Waals surface area (Å²) >= 11 is 0.